The molecule has 1 N–H and O–H groups in total. The van der Waals surface area contributed by atoms with Crippen LogP contribution in [-0.2, 0) is 11.4 Å². The highest BCUT2D eigenvalue weighted by atomic mass is 16.6. The van der Waals surface area contributed by atoms with Crippen molar-refractivity contribution in [3.63, 3.8) is 0 Å². The Bertz CT molecular complexity index is 1540. The predicted octanol–water partition coefficient (Wildman–Crippen LogP) is 4.70. The van der Waals surface area contributed by atoms with Crippen molar-refractivity contribution >= 4 is 16.9 Å². The predicted molar refractivity (Wildman–Crippen MR) is 138 cm³/mol. The van der Waals surface area contributed by atoms with Crippen molar-refractivity contribution < 1.29 is 42.7 Å². The maximum atomic E-state index is 13.5. The first-order valence-electron chi connectivity index (χ1n) is 11.4. The van der Waals surface area contributed by atoms with Crippen molar-refractivity contribution in [2.75, 3.05) is 28.4 Å². The van der Waals surface area contributed by atoms with E-state index in [1.165, 1.54) is 28.4 Å². The number of rotatable bonds is 9. The number of benzene rings is 3. The molecule has 0 aliphatic carbocycles. The molecule has 4 aromatic rings. The Morgan fingerprint density at radius 3 is 2.13 bits per heavy atom. The van der Waals surface area contributed by atoms with E-state index < -0.39 is 17.1 Å². The molecule has 0 aliphatic rings. The third-order valence-electron chi connectivity index (χ3n) is 5.66. The minimum Gasteiger partial charge on any atom is -0.504 e. The number of aromatic hydroxyl groups is 1. The summed E-state index contributed by atoms with van der Waals surface area (Å²) in [4.78, 5) is 25.2. The van der Waals surface area contributed by atoms with Crippen LogP contribution in [0.2, 0.25) is 0 Å². The normalized spacial score (nSPS) is 10.7. The van der Waals surface area contributed by atoms with Gasteiger partial charge >= 0.3 is 5.97 Å². The number of esters is 1. The number of carbonyl (C=O) groups excluding carboxylic acids is 1. The van der Waals surface area contributed by atoms with Crippen molar-refractivity contribution in [3.8, 4) is 51.6 Å². The lowest BCUT2D eigenvalue weighted by molar-refractivity contribution is -0.132. The number of hydrogen-bond acceptors (Lipinski definition) is 10. The molecule has 0 saturated heterocycles. The van der Waals surface area contributed by atoms with Gasteiger partial charge < -0.3 is 37.9 Å². The molecule has 0 fully saturated rings. The minimum atomic E-state index is -0.741. The molecule has 0 saturated carbocycles. The molecular formula is C28H26O10. The average Bonchev–Trinajstić information content (AvgIpc) is 2.93. The first-order valence-corrected chi connectivity index (χ1v) is 11.4. The van der Waals surface area contributed by atoms with E-state index in [1.54, 1.807) is 18.2 Å². The van der Waals surface area contributed by atoms with Gasteiger partial charge in [0.15, 0.2) is 28.6 Å². The molecule has 0 bridgehead atoms. The zero-order chi connectivity index (χ0) is 27.4. The number of phenolic OH excluding ortho intramolecular Hbond substituents is 1. The van der Waals surface area contributed by atoms with Crippen molar-refractivity contribution in [1.82, 2.24) is 0 Å². The molecule has 3 aromatic carbocycles. The van der Waals surface area contributed by atoms with Gasteiger partial charge in [-0.1, -0.05) is 30.3 Å². The minimum absolute atomic E-state index is 0.0397. The van der Waals surface area contributed by atoms with E-state index in [2.05, 4.69) is 0 Å². The zero-order valence-electron chi connectivity index (χ0n) is 21.4. The first-order chi connectivity index (χ1) is 18.3. The van der Waals surface area contributed by atoms with E-state index in [0.717, 1.165) is 12.5 Å². The summed E-state index contributed by atoms with van der Waals surface area (Å²) in [5.74, 6) is -1.27. The average molecular weight is 523 g/mol. The Morgan fingerprint density at radius 1 is 0.842 bits per heavy atom. The van der Waals surface area contributed by atoms with Gasteiger partial charge in [0.1, 0.15) is 12.0 Å². The van der Waals surface area contributed by atoms with Crippen LogP contribution in [0.4, 0.5) is 0 Å². The van der Waals surface area contributed by atoms with E-state index in [4.69, 9.17) is 32.8 Å². The highest BCUT2D eigenvalue weighted by Gasteiger charge is 2.30. The molecule has 0 unspecified atom stereocenters. The Labute approximate surface area is 217 Å². The van der Waals surface area contributed by atoms with Crippen LogP contribution in [0, 0.1) is 0 Å². The van der Waals surface area contributed by atoms with Gasteiger partial charge in [-0.15, -0.1) is 0 Å². The molecule has 1 aromatic heterocycles. The second-order valence-corrected chi connectivity index (χ2v) is 7.98. The number of methoxy groups -OCH3 is 4. The first kappa shape index (κ1) is 26.2. The number of carbonyl (C=O) groups is 1. The third kappa shape index (κ3) is 4.75. The molecule has 0 atom stereocenters. The van der Waals surface area contributed by atoms with Crippen LogP contribution in [-0.4, -0.2) is 39.5 Å². The topological polar surface area (TPSA) is 123 Å². The summed E-state index contributed by atoms with van der Waals surface area (Å²) in [5, 5.41) is 10.6. The molecule has 198 valence electrons. The Kier molecular flexibility index (Phi) is 7.61. The highest BCUT2D eigenvalue weighted by molar-refractivity contribution is 5.97. The largest absolute Gasteiger partial charge is 0.504 e. The third-order valence-corrected chi connectivity index (χ3v) is 5.66. The maximum Gasteiger partial charge on any atom is 0.308 e. The summed E-state index contributed by atoms with van der Waals surface area (Å²) in [6.07, 6.45) is 0. The van der Waals surface area contributed by atoms with Gasteiger partial charge in [0.2, 0.25) is 28.4 Å². The van der Waals surface area contributed by atoms with Crippen molar-refractivity contribution in [3.05, 3.63) is 64.3 Å². The smallest absolute Gasteiger partial charge is 0.308 e. The Hall–Kier alpha value is -4.86. The summed E-state index contributed by atoms with van der Waals surface area (Å²) in [7, 11) is 5.39. The van der Waals surface area contributed by atoms with E-state index in [0.29, 0.717) is 23.7 Å². The van der Waals surface area contributed by atoms with E-state index in [-0.39, 0.29) is 39.7 Å². The van der Waals surface area contributed by atoms with Crippen LogP contribution in [0.15, 0.2) is 57.7 Å². The standard InChI is InChI=1S/C28H26O10/c1-15(29)37-26-22(31)20-21(30)25(33-3)23(38-24(20)27(34-4)28(26)35-5)17-11-12-18(19(13-17)32-2)36-14-16-9-7-6-8-10-16/h6-13,31H,14H2,1-5H3. The maximum absolute atomic E-state index is 13.5. The molecule has 0 radical (unpaired) electrons. The summed E-state index contributed by atoms with van der Waals surface area (Å²) in [5.41, 5.74) is 0.546. The lowest BCUT2D eigenvalue weighted by Gasteiger charge is -2.18. The van der Waals surface area contributed by atoms with Crippen LogP contribution in [0.3, 0.4) is 0 Å². The zero-order valence-corrected chi connectivity index (χ0v) is 21.4. The fourth-order valence-electron chi connectivity index (χ4n) is 3.97. The molecule has 0 spiro atoms. The van der Waals surface area contributed by atoms with Gasteiger partial charge in [-0.25, -0.2) is 0 Å². The lowest BCUT2D eigenvalue weighted by atomic mass is 10.1. The molecule has 10 heteroatoms. The van der Waals surface area contributed by atoms with Crippen molar-refractivity contribution in [2.24, 2.45) is 0 Å². The van der Waals surface area contributed by atoms with Gasteiger partial charge in [-0.2, -0.15) is 0 Å². The quantitative estimate of drug-likeness (QED) is 0.244. The number of hydrogen-bond donors (Lipinski definition) is 1. The summed E-state index contributed by atoms with van der Waals surface area (Å²) < 4.78 is 38.8. The Morgan fingerprint density at radius 2 is 1.53 bits per heavy atom. The van der Waals surface area contributed by atoms with Gasteiger partial charge in [-0.3, -0.25) is 9.59 Å². The monoisotopic (exact) mass is 522 g/mol. The molecule has 0 aliphatic heterocycles. The molecule has 38 heavy (non-hydrogen) atoms. The van der Waals surface area contributed by atoms with Crippen LogP contribution in [0.25, 0.3) is 22.3 Å². The van der Waals surface area contributed by atoms with E-state index in [1.807, 2.05) is 30.3 Å². The summed E-state index contributed by atoms with van der Waals surface area (Å²) >= 11 is 0. The summed E-state index contributed by atoms with van der Waals surface area (Å²) in [6, 6.07) is 14.6. The number of ether oxygens (including phenoxy) is 6. The fourth-order valence-corrected chi connectivity index (χ4v) is 3.97. The molecule has 1 heterocycles. The number of phenols is 1. The highest BCUT2D eigenvalue weighted by Crippen LogP contribution is 2.51. The van der Waals surface area contributed by atoms with Gasteiger partial charge in [0.05, 0.1) is 28.4 Å². The van der Waals surface area contributed by atoms with Crippen molar-refractivity contribution in [1.29, 1.82) is 0 Å². The van der Waals surface area contributed by atoms with E-state index >= 15 is 0 Å². The van der Waals surface area contributed by atoms with Crippen LogP contribution >= 0.6 is 0 Å². The number of fused-ring (bicyclic) bond motifs is 1. The Balaban J connectivity index is 1.90. The molecular weight excluding hydrogens is 496 g/mol. The second kappa shape index (κ2) is 11.0. The second-order valence-electron chi connectivity index (χ2n) is 7.98. The molecule has 4 rings (SSSR count). The van der Waals surface area contributed by atoms with Crippen LogP contribution < -0.4 is 33.8 Å². The molecule has 0 amide bonds. The van der Waals surface area contributed by atoms with E-state index in [9.17, 15) is 14.7 Å². The fraction of sp³-hybridized carbons (Fsp3) is 0.214. The SMILES string of the molecule is COc1cc(-c2oc3c(OC)c(OC)c(OC(C)=O)c(O)c3c(=O)c2OC)ccc1OCc1ccccc1. The van der Waals surface area contributed by atoms with Gasteiger partial charge in [0, 0.05) is 12.5 Å². The van der Waals surface area contributed by atoms with Gasteiger partial charge in [-0.05, 0) is 23.8 Å². The summed E-state index contributed by atoms with van der Waals surface area (Å²) in [6.45, 7) is 1.47. The van der Waals surface area contributed by atoms with Crippen molar-refractivity contribution in [2.45, 2.75) is 13.5 Å². The lowest BCUT2D eigenvalue weighted by Crippen LogP contribution is -2.11. The molecule has 10 nitrogen and oxygen atoms in total. The van der Waals surface area contributed by atoms with Gasteiger partial charge in [0.25, 0.3) is 0 Å². The van der Waals surface area contributed by atoms with Crippen LogP contribution in [0.5, 0.6) is 40.2 Å². The van der Waals surface area contributed by atoms with Crippen LogP contribution in [0.1, 0.15) is 12.5 Å².